The van der Waals surface area contributed by atoms with E-state index in [1.165, 1.54) is 76.3 Å². The van der Waals surface area contributed by atoms with Crippen molar-refractivity contribution in [1.82, 2.24) is 4.90 Å². The maximum absolute atomic E-state index is 12.7. The third kappa shape index (κ3) is 12.6. The zero-order valence-corrected chi connectivity index (χ0v) is 26.6. The molecule has 6 nitrogen and oxygen atoms in total. The molecule has 0 spiro atoms. The summed E-state index contributed by atoms with van der Waals surface area (Å²) in [6.45, 7) is 3.44. The molecule has 1 aliphatic rings. The summed E-state index contributed by atoms with van der Waals surface area (Å²) in [5.74, 6) is 1.46. The van der Waals surface area contributed by atoms with Crippen molar-refractivity contribution in [2.24, 2.45) is 0 Å². The summed E-state index contributed by atoms with van der Waals surface area (Å²) in [4.78, 5) is 12.5. The van der Waals surface area contributed by atoms with Gasteiger partial charge in [0, 0.05) is 24.9 Å². The van der Waals surface area contributed by atoms with Crippen LogP contribution in [0.15, 0.2) is 48.0 Å². The lowest BCUT2D eigenvalue weighted by Crippen LogP contribution is -2.12. The Labute approximate surface area is 254 Å². The number of nitrogens with zero attached hydrogens (tertiary/aromatic N) is 1. The molecule has 3 rings (SSSR count). The van der Waals surface area contributed by atoms with E-state index < -0.39 is 7.82 Å². The third-order valence-electron chi connectivity index (χ3n) is 6.57. The van der Waals surface area contributed by atoms with Gasteiger partial charge in [0.1, 0.15) is 11.5 Å². The van der Waals surface area contributed by atoms with Gasteiger partial charge in [-0.05, 0) is 29.5 Å². The van der Waals surface area contributed by atoms with Gasteiger partial charge in [-0.3, -0.25) is 4.89 Å². The summed E-state index contributed by atoms with van der Waals surface area (Å²) in [5, 5.41) is 2.39. The predicted molar refractivity (Wildman–Crippen MR) is 168 cm³/mol. The Bertz CT molecular complexity index is 1120. The first-order valence-corrected chi connectivity index (χ1v) is 17.6. The average molecular weight is 631 g/mol. The minimum absolute atomic E-state index is 0.0504. The monoisotopic (exact) mass is 629 g/mol. The van der Waals surface area contributed by atoms with Crippen LogP contribution in [0.3, 0.4) is 0 Å². The second-order valence-electron chi connectivity index (χ2n) is 10.1. The molecular formula is C30H42Cl2NO5PS. The van der Waals surface area contributed by atoms with Gasteiger partial charge in [0.05, 0.1) is 22.5 Å². The number of thioether (sulfide) groups is 1. The molecule has 0 bridgehead atoms. The molecule has 0 radical (unpaired) electrons. The maximum atomic E-state index is 12.7. The molecule has 10 heteroatoms. The molecule has 2 aromatic rings. The van der Waals surface area contributed by atoms with E-state index in [1.54, 1.807) is 30.0 Å². The van der Waals surface area contributed by atoms with Crippen molar-refractivity contribution in [1.29, 1.82) is 0 Å². The predicted octanol–water partition coefficient (Wildman–Crippen LogP) is 10.6. The number of hydrogen-bond acceptors (Lipinski definition) is 6. The molecule has 0 amide bonds. The Hall–Kier alpha value is -1.50. The van der Waals surface area contributed by atoms with Gasteiger partial charge in [-0.2, -0.15) is 0 Å². The molecule has 222 valence electrons. The number of rotatable bonds is 20. The minimum Gasteiger partial charge on any atom is -0.492 e. The first-order valence-electron chi connectivity index (χ1n) is 14.3. The molecule has 1 heterocycles. The molecule has 0 aromatic heterocycles. The standard InChI is InChI=1S/C30H42Cl2NO5PS/c1-2-3-4-5-6-7-8-9-10-11-12-13-18-36-29-21-28(32)30(22-27(29)31)38-39(34,35)37-26-16-14-15-25(20-26)23-33-17-19-40-24-33/h14-17,19-22H,2-13,18,23-24H2,1H3,(H,34,35). The van der Waals surface area contributed by atoms with E-state index in [0.717, 1.165) is 24.3 Å². The van der Waals surface area contributed by atoms with E-state index in [9.17, 15) is 9.46 Å². The summed E-state index contributed by atoms with van der Waals surface area (Å²) in [7, 11) is -4.52. The lowest BCUT2D eigenvalue weighted by Gasteiger charge is -2.18. The fourth-order valence-electron chi connectivity index (χ4n) is 4.44. The van der Waals surface area contributed by atoms with Crippen molar-refractivity contribution >= 4 is 42.8 Å². The highest BCUT2D eigenvalue weighted by Crippen LogP contribution is 2.48. The Morgan fingerprint density at radius 1 is 0.875 bits per heavy atom. The minimum atomic E-state index is -4.52. The van der Waals surface area contributed by atoms with Gasteiger partial charge in [0.15, 0.2) is 5.75 Å². The van der Waals surface area contributed by atoms with Crippen LogP contribution in [0.4, 0.5) is 0 Å². The van der Waals surface area contributed by atoms with E-state index in [4.69, 9.17) is 37.0 Å². The molecule has 1 aliphatic heterocycles. The van der Waals surface area contributed by atoms with Gasteiger partial charge in [-0.1, -0.05) is 113 Å². The number of unbranched alkanes of at least 4 members (excludes halogenated alkanes) is 11. The van der Waals surface area contributed by atoms with Crippen molar-refractivity contribution in [3.05, 3.63) is 63.6 Å². The fraction of sp³-hybridized carbons (Fsp3) is 0.533. The molecule has 1 N–H and O–H groups in total. The number of ether oxygens (including phenoxy) is 1. The summed E-state index contributed by atoms with van der Waals surface area (Å²) in [5.41, 5.74) is 0.945. The van der Waals surface area contributed by atoms with Crippen LogP contribution in [0, 0.1) is 0 Å². The lowest BCUT2D eigenvalue weighted by molar-refractivity contribution is 0.289. The van der Waals surface area contributed by atoms with E-state index in [0.29, 0.717) is 18.9 Å². The van der Waals surface area contributed by atoms with Crippen LogP contribution in [0.5, 0.6) is 17.2 Å². The first kappa shape index (κ1) is 33.0. The van der Waals surface area contributed by atoms with Gasteiger partial charge >= 0.3 is 7.82 Å². The molecule has 0 saturated heterocycles. The Kier molecular flexibility index (Phi) is 15.0. The van der Waals surface area contributed by atoms with Crippen molar-refractivity contribution in [2.45, 2.75) is 90.5 Å². The zero-order valence-electron chi connectivity index (χ0n) is 23.4. The molecule has 0 aliphatic carbocycles. The first-order chi connectivity index (χ1) is 19.4. The second kappa shape index (κ2) is 18.1. The average Bonchev–Trinajstić information content (AvgIpc) is 3.42. The SMILES string of the molecule is CCCCCCCCCCCCCCOc1cc(Cl)c(OP(=O)(O)Oc2cccc(CN3C=CSC3)c2)cc1Cl. The Balaban J connectivity index is 1.37. The number of benzene rings is 2. The normalized spacial score (nSPS) is 14.3. The third-order valence-corrected chi connectivity index (χ3v) is 8.82. The molecule has 2 aromatic carbocycles. The molecule has 1 unspecified atom stereocenters. The van der Waals surface area contributed by atoms with Crippen molar-refractivity contribution in [3.63, 3.8) is 0 Å². The summed E-state index contributed by atoms with van der Waals surface area (Å²) < 4.78 is 29.1. The topological polar surface area (TPSA) is 68.2 Å². The highest BCUT2D eigenvalue weighted by molar-refractivity contribution is 8.02. The van der Waals surface area contributed by atoms with E-state index in [-0.39, 0.29) is 21.5 Å². The van der Waals surface area contributed by atoms with Gasteiger partial charge < -0.3 is 18.7 Å². The van der Waals surface area contributed by atoms with Crippen LogP contribution in [0.25, 0.3) is 0 Å². The Morgan fingerprint density at radius 3 is 2.15 bits per heavy atom. The maximum Gasteiger partial charge on any atom is 0.584 e. The van der Waals surface area contributed by atoms with Crippen LogP contribution in [0.2, 0.25) is 10.0 Å². The Morgan fingerprint density at radius 2 is 1.50 bits per heavy atom. The second-order valence-corrected chi connectivity index (χ2v) is 13.1. The summed E-state index contributed by atoms with van der Waals surface area (Å²) in [6.07, 6.45) is 17.3. The molecule has 40 heavy (non-hydrogen) atoms. The van der Waals surface area contributed by atoms with Crippen LogP contribution in [0.1, 0.15) is 89.5 Å². The smallest absolute Gasteiger partial charge is 0.492 e. The number of phosphoric ester groups is 1. The van der Waals surface area contributed by atoms with Crippen LogP contribution >= 0.6 is 42.8 Å². The molecular weight excluding hydrogens is 588 g/mol. The summed E-state index contributed by atoms with van der Waals surface area (Å²) in [6, 6.07) is 9.89. The van der Waals surface area contributed by atoms with E-state index >= 15 is 0 Å². The molecule has 1 atom stereocenters. The largest absolute Gasteiger partial charge is 0.584 e. The van der Waals surface area contributed by atoms with Crippen molar-refractivity contribution in [3.8, 4) is 17.2 Å². The highest BCUT2D eigenvalue weighted by atomic mass is 35.5. The van der Waals surface area contributed by atoms with Gasteiger partial charge in [-0.15, -0.1) is 11.8 Å². The van der Waals surface area contributed by atoms with Gasteiger partial charge in [0.25, 0.3) is 0 Å². The van der Waals surface area contributed by atoms with Gasteiger partial charge in [-0.25, -0.2) is 4.57 Å². The fourth-order valence-corrected chi connectivity index (χ4v) is 6.42. The highest BCUT2D eigenvalue weighted by Gasteiger charge is 2.27. The van der Waals surface area contributed by atoms with E-state index in [2.05, 4.69) is 11.8 Å². The summed E-state index contributed by atoms with van der Waals surface area (Å²) >= 11 is 14.4. The van der Waals surface area contributed by atoms with E-state index in [1.807, 2.05) is 17.7 Å². The number of phosphoric acid groups is 1. The van der Waals surface area contributed by atoms with Crippen molar-refractivity contribution in [2.75, 3.05) is 12.5 Å². The quantitative estimate of drug-likeness (QED) is 0.115. The van der Waals surface area contributed by atoms with Gasteiger partial charge in [0.2, 0.25) is 0 Å². The molecule has 0 saturated carbocycles. The van der Waals surface area contributed by atoms with Crippen LogP contribution in [-0.4, -0.2) is 22.3 Å². The molecule has 0 fully saturated rings. The number of hydrogen-bond donors (Lipinski definition) is 1. The van der Waals surface area contributed by atoms with Crippen LogP contribution in [-0.2, 0) is 11.1 Å². The zero-order chi connectivity index (χ0) is 28.6. The lowest BCUT2D eigenvalue weighted by atomic mass is 10.1. The van der Waals surface area contributed by atoms with Crippen molar-refractivity contribution < 1.29 is 23.2 Å². The van der Waals surface area contributed by atoms with Crippen LogP contribution < -0.4 is 13.8 Å². The number of halogens is 2.